The monoisotopic (exact) mass is 169 g/mol. The SMILES string of the molecule is [B]c1cc(NC)cc(C([B])CC)c1. The molecule has 0 bridgehead atoms. The van der Waals surface area contributed by atoms with Gasteiger partial charge in [-0.25, -0.2) is 0 Å². The lowest BCUT2D eigenvalue weighted by Crippen LogP contribution is -2.08. The number of nitrogens with one attached hydrogen (secondary N) is 1. The van der Waals surface area contributed by atoms with Crippen LogP contribution in [0.25, 0.3) is 0 Å². The van der Waals surface area contributed by atoms with Crippen molar-refractivity contribution in [2.24, 2.45) is 0 Å². The summed E-state index contributed by atoms with van der Waals surface area (Å²) in [7, 11) is 13.5. The van der Waals surface area contributed by atoms with Crippen LogP contribution in [0.2, 0.25) is 0 Å². The summed E-state index contributed by atoms with van der Waals surface area (Å²) in [4.78, 5) is 0. The zero-order valence-electron chi connectivity index (χ0n) is 8.17. The van der Waals surface area contributed by atoms with E-state index in [1.165, 1.54) is 0 Å². The normalized spacial score (nSPS) is 12.5. The van der Waals surface area contributed by atoms with Gasteiger partial charge in [0.15, 0.2) is 0 Å². The largest absolute Gasteiger partial charge is 0.388 e. The van der Waals surface area contributed by atoms with E-state index in [4.69, 9.17) is 15.7 Å². The van der Waals surface area contributed by atoms with Gasteiger partial charge in [0.05, 0.1) is 7.85 Å². The third-order valence-corrected chi connectivity index (χ3v) is 2.13. The van der Waals surface area contributed by atoms with Crippen LogP contribution in [0.3, 0.4) is 0 Å². The molecule has 0 heterocycles. The van der Waals surface area contributed by atoms with E-state index in [1.54, 1.807) is 0 Å². The molecule has 1 aromatic rings. The van der Waals surface area contributed by atoms with Crippen LogP contribution >= 0.6 is 0 Å². The Balaban J connectivity index is 3.01. The molecular weight excluding hydrogens is 156 g/mol. The van der Waals surface area contributed by atoms with Gasteiger partial charge in [-0.05, 0) is 12.1 Å². The van der Waals surface area contributed by atoms with E-state index in [2.05, 4.69) is 12.2 Å². The van der Waals surface area contributed by atoms with E-state index in [9.17, 15) is 0 Å². The van der Waals surface area contributed by atoms with Crippen LogP contribution in [0.15, 0.2) is 18.2 Å². The maximum atomic E-state index is 5.90. The molecule has 0 fully saturated rings. The summed E-state index contributed by atoms with van der Waals surface area (Å²) >= 11 is 0. The molecule has 0 saturated carbocycles. The summed E-state index contributed by atoms with van der Waals surface area (Å²) in [6.45, 7) is 2.06. The zero-order chi connectivity index (χ0) is 9.84. The van der Waals surface area contributed by atoms with Crippen LogP contribution in [-0.2, 0) is 0 Å². The van der Waals surface area contributed by atoms with Crippen molar-refractivity contribution in [1.82, 2.24) is 0 Å². The van der Waals surface area contributed by atoms with Crippen LogP contribution in [0.5, 0.6) is 0 Å². The lowest BCUT2D eigenvalue weighted by atomic mass is 9.77. The molecule has 4 radical (unpaired) electrons. The van der Waals surface area contributed by atoms with Gasteiger partial charge in [-0.3, -0.25) is 0 Å². The maximum Gasteiger partial charge on any atom is 0.113 e. The minimum Gasteiger partial charge on any atom is -0.388 e. The highest BCUT2D eigenvalue weighted by atomic mass is 14.8. The van der Waals surface area contributed by atoms with Crippen LogP contribution < -0.4 is 10.8 Å². The summed E-state index contributed by atoms with van der Waals surface area (Å²) < 4.78 is 0. The van der Waals surface area contributed by atoms with E-state index in [1.807, 2.05) is 25.2 Å². The highest BCUT2D eigenvalue weighted by molar-refractivity contribution is 6.32. The van der Waals surface area contributed by atoms with Crippen LogP contribution in [0, 0.1) is 0 Å². The number of hydrogen-bond acceptors (Lipinski definition) is 1. The van der Waals surface area contributed by atoms with Gasteiger partial charge >= 0.3 is 0 Å². The molecule has 0 amide bonds. The molecule has 1 unspecified atom stereocenters. The van der Waals surface area contributed by atoms with Gasteiger partial charge < -0.3 is 5.32 Å². The van der Waals surface area contributed by atoms with Crippen molar-refractivity contribution < 1.29 is 0 Å². The summed E-state index contributed by atoms with van der Waals surface area (Å²) in [6, 6.07) is 5.85. The van der Waals surface area contributed by atoms with Crippen molar-refractivity contribution in [1.29, 1.82) is 0 Å². The Labute approximate surface area is 82.7 Å². The Bertz CT molecular complexity index is 286. The molecule has 0 saturated heterocycles. The third-order valence-electron chi connectivity index (χ3n) is 2.13. The highest BCUT2D eigenvalue weighted by Crippen LogP contribution is 2.17. The molecule has 0 spiro atoms. The molecule has 0 aliphatic rings. The van der Waals surface area contributed by atoms with Crippen molar-refractivity contribution >= 4 is 26.8 Å². The predicted molar refractivity (Wildman–Crippen MR) is 60.2 cm³/mol. The van der Waals surface area contributed by atoms with Gasteiger partial charge in [-0.1, -0.05) is 36.3 Å². The minimum atomic E-state index is 0.0793. The smallest absolute Gasteiger partial charge is 0.113 e. The molecule has 1 rings (SSSR count). The number of benzene rings is 1. The van der Waals surface area contributed by atoms with E-state index >= 15 is 0 Å². The fourth-order valence-electron chi connectivity index (χ4n) is 1.27. The Hall–Kier alpha value is -0.850. The van der Waals surface area contributed by atoms with Gasteiger partial charge in [0.2, 0.25) is 0 Å². The fraction of sp³-hybridized carbons (Fsp3) is 0.400. The summed E-state index contributed by atoms with van der Waals surface area (Å²) in [6.07, 6.45) is 0.923. The van der Waals surface area contributed by atoms with Crippen molar-refractivity contribution in [3.05, 3.63) is 23.8 Å². The molecule has 1 atom stereocenters. The van der Waals surface area contributed by atoms with Gasteiger partial charge in [0.25, 0.3) is 0 Å². The van der Waals surface area contributed by atoms with Crippen molar-refractivity contribution in [2.75, 3.05) is 12.4 Å². The quantitative estimate of drug-likeness (QED) is 0.668. The zero-order valence-corrected chi connectivity index (χ0v) is 8.17. The molecule has 0 aliphatic heterocycles. The molecule has 1 aromatic carbocycles. The fourth-order valence-corrected chi connectivity index (χ4v) is 1.27. The molecular formula is C10H13B2N. The lowest BCUT2D eigenvalue weighted by Gasteiger charge is -2.12. The van der Waals surface area contributed by atoms with Gasteiger partial charge in [-0.15, -0.1) is 0 Å². The standard InChI is InChI=1S/C10H13B2N/c1-3-10(12)7-4-8(11)6-9(5-7)13-2/h4-6,10,13H,3H2,1-2H3. The molecule has 0 aliphatic carbocycles. The number of anilines is 1. The Kier molecular flexibility index (Phi) is 3.47. The Morgan fingerprint density at radius 1 is 1.38 bits per heavy atom. The second-order valence-electron chi connectivity index (χ2n) is 3.15. The average molecular weight is 169 g/mol. The first-order chi connectivity index (χ1) is 6.17. The van der Waals surface area contributed by atoms with Crippen LogP contribution in [0.4, 0.5) is 5.69 Å². The molecule has 13 heavy (non-hydrogen) atoms. The Morgan fingerprint density at radius 3 is 2.62 bits per heavy atom. The van der Waals surface area contributed by atoms with E-state index in [0.717, 1.165) is 23.1 Å². The first-order valence-corrected chi connectivity index (χ1v) is 4.51. The minimum absolute atomic E-state index is 0.0793. The van der Waals surface area contributed by atoms with Crippen LogP contribution in [0.1, 0.15) is 24.7 Å². The van der Waals surface area contributed by atoms with Crippen molar-refractivity contribution in [3.8, 4) is 0 Å². The lowest BCUT2D eigenvalue weighted by molar-refractivity contribution is 0.883. The molecule has 1 nitrogen and oxygen atoms in total. The first kappa shape index (κ1) is 10.2. The van der Waals surface area contributed by atoms with E-state index in [-0.39, 0.29) is 5.82 Å². The molecule has 64 valence electrons. The topological polar surface area (TPSA) is 12.0 Å². The first-order valence-electron chi connectivity index (χ1n) is 4.51. The van der Waals surface area contributed by atoms with Gasteiger partial charge in [0, 0.05) is 12.7 Å². The van der Waals surface area contributed by atoms with E-state index < -0.39 is 0 Å². The number of hydrogen-bond donors (Lipinski definition) is 1. The average Bonchev–Trinajstić information content (AvgIpc) is 2.15. The second kappa shape index (κ2) is 4.40. The molecule has 3 heteroatoms. The number of rotatable bonds is 3. The summed E-state index contributed by atoms with van der Waals surface area (Å²) in [5, 5.41) is 3.05. The Morgan fingerprint density at radius 2 is 2.08 bits per heavy atom. The maximum absolute atomic E-state index is 5.90. The third kappa shape index (κ3) is 2.55. The van der Waals surface area contributed by atoms with Crippen molar-refractivity contribution in [2.45, 2.75) is 19.2 Å². The second-order valence-corrected chi connectivity index (χ2v) is 3.15. The predicted octanol–water partition coefficient (Wildman–Crippen LogP) is 1.14. The summed E-state index contributed by atoms with van der Waals surface area (Å²) in [5.41, 5.74) is 2.86. The van der Waals surface area contributed by atoms with Crippen molar-refractivity contribution in [3.63, 3.8) is 0 Å². The van der Waals surface area contributed by atoms with Gasteiger partial charge in [0.1, 0.15) is 7.85 Å². The highest BCUT2D eigenvalue weighted by Gasteiger charge is 2.03. The van der Waals surface area contributed by atoms with E-state index in [0.29, 0.717) is 0 Å². The molecule has 1 N–H and O–H groups in total. The van der Waals surface area contributed by atoms with Gasteiger partial charge in [-0.2, -0.15) is 0 Å². The van der Waals surface area contributed by atoms with Crippen LogP contribution in [-0.4, -0.2) is 22.7 Å². The molecule has 0 aromatic heterocycles. The summed E-state index contributed by atoms with van der Waals surface area (Å²) in [5.74, 6) is 0.0793.